The number of aromatic nitrogens is 3. The molecule has 0 spiro atoms. The quantitative estimate of drug-likeness (QED) is 0.726. The number of hydrogen-bond donors (Lipinski definition) is 2. The average molecular weight is 307 g/mol. The minimum Gasteiger partial charge on any atom is -0.399 e. The topological polar surface area (TPSA) is 85.8 Å². The molecule has 1 amide bonds. The highest BCUT2D eigenvalue weighted by Gasteiger charge is 2.21. The fourth-order valence-electron chi connectivity index (χ4n) is 2.57. The Kier molecular flexibility index (Phi) is 3.80. The van der Waals surface area contributed by atoms with Gasteiger partial charge in [0.05, 0.1) is 5.56 Å². The number of hydrogen-bond acceptors (Lipinski definition) is 4. The largest absolute Gasteiger partial charge is 0.399 e. The van der Waals surface area contributed by atoms with Gasteiger partial charge in [0.15, 0.2) is 5.82 Å². The molecule has 6 heteroatoms. The molecular weight excluding hydrogens is 290 g/mol. The number of anilines is 1. The number of rotatable bonds is 3. The van der Waals surface area contributed by atoms with Crippen LogP contribution >= 0.6 is 0 Å². The van der Waals surface area contributed by atoms with Gasteiger partial charge in [-0.1, -0.05) is 30.3 Å². The molecule has 1 heterocycles. The van der Waals surface area contributed by atoms with E-state index in [0.29, 0.717) is 22.6 Å². The van der Waals surface area contributed by atoms with E-state index in [2.05, 4.69) is 15.5 Å². The van der Waals surface area contributed by atoms with E-state index in [9.17, 15) is 4.79 Å². The third kappa shape index (κ3) is 2.66. The van der Waals surface area contributed by atoms with Crippen molar-refractivity contribution in [3.05, 3.63) is 54.4 Å². The maximum Gasteiger partial charge on any atom is 0.251 e. The van der Waals surface area contributed by atoms with Crippen LogP contribution in [0.5, 0.6) is 0 Å². The zero-order chi connectivity index (χ0) is 16.4. The summed E-state index contributed by atoms with van der Waals surface area (Å²) in [5.74, 6) is 0.398. The van der Waals surface area contributed by atoms with E-state index < -0.39 is 0 Å². The molecule has 0 radical (unpaired) electrons. The molecule has 6 nitrogen and oxygen atoms in total. The maximum absolute atomic E-state index is 12.4. The third-order valence-corrected chi connectivity index (χ3v) is 3.65. The van der Waals surface area contributed by atoms with Gasteiger partial charge in [-0.25, -0.2) is 0 Å². The van der Waals surface area contributed by atoms with Crippen molar-refractivity contribution < 1.29 is 4.79 Å². The normalized spacial score (nSPS) is 10.5. The van der Waals surface area contributed by atoms with Crippen LogP contribution in [0.4, 0.5) is 5.69 Å². The molecule has 0 unspecified atom stereocenters. The lowest BCUT2D eigenvalue weighted by Gasteiger charge is -2.15. The van der Waals surface area contributed by atoms with Gasteiger partial charge < -0.3 is 15.6 Å². The van der Waals surface area contributed by atoms with Crippen LogP contribution < -0.4 is 11.1 Å². The number of benzene rings is 2. The lowest BCUT2D eigenvalue weighted by molar-refractivity contribution is 0.0963. The lowest BCUT2D eigenvalue weighted by atomic mass is 9.93. The fraction of sp³-hybridized carbons (Fsp3) is 0.118. The van der Waals surface area contributed by atoms with Crippen LogP contribution in [0.25, 0.3) is 22.5 Å². The highest BCUT2D eigenvalue weighted by molar-refractivity contribution is 6.05. The summed E-state index contributed by atoms with van der Waals surface area (Å²) < 4.78 is 1.78. The zero-order valence-corrected chi connectivity index (χ0v) is 12.9. The van der Waals surface area contributed by atoms with Gasteiger partial charge in [0.25, 0.3) is 5.91 Å². The highest BCUT2D eigenvalue weighted by Crippen LogP contribution is 2.35. The van der Waals surface area contributed by atoms with Crippen LogP contribution in [-0.4, -0.2) is 27.7 Å². The summed E-state index contributed by atoms with van der Waals surface area (Å²) >= 11 is 0. The van der Waals surface area contributed by atoms with E-state index in [-0.39, 0.29) is 5.91 Å². The van der Waals surface area contributed by atoms with E-state index in [1.165, 1.54) is 0 Å². The lowest BCUT2D eigenvalue weighted by Crippen LogP contribution is -2.20. The summed E-state index contributed by atoms with van der Waals surface area (Å²) in [7, 11) is 3.43. The Morgan fingerprint density at radius 1 is 1.22 bits per heavy atom. The molecule has 0 saturated heterocycles. The Bertz CT molecular complexity index is 855. The molecule has 3 rings (SSSR count). The molecule has 0 bridgehead atoms. The first-order chi connectivity index (χ1) is 11.1. The van der Waals surface area contributed by atoms with Gasteiger partial charge in [-0.3, -0.25) is 4.79 Å². The van der Waals surface area contributed by atoms with Crippen LogP contribution in [0.15, 0.2) is 48.8 Å². The van der Waals surface area contributed by atoms with Crippen molar-refractivity contribution in [3.8, 4) is 22.5 Å². The molecule has 1 aromatic heterocycles. The number of aryl methyl sites for hydroxylation is 1. The minimum absolute atomic E-state index is 0.215. The molecule has 3 N–H and O–H groups in total. The Balaban J connectivity index is 2.37. The second-order valence-electron chi connectivity index (χ2n) is 5.20. The van der Waals surface area contributed by atoms with Gasteiger partial charge in [-0.2, -0.15) is 0 Å². The maximum atomic E-state index is 12.4. The first-order valence-corrected chi connectivity index (χ1v) is 7.17. The van der Waals surface area contributed by atoms with Crippen molar-refractivity contribution in [1.29, 1.82) is 0 Å². The van der Waals surface area contributed by atoms with Crippen LogP contribution in [-0.2, 0) is 7.05 Å². The van der Waals surface area contributed by atoms with Gasteiger partial charge >= 0.3 is 0 Å². The number of nitrogens with one attached hydrogen (secondary N) is 1. The molecule has 23 heavy (non-hydrogen) atoms. The van der Waals surface area contributed by atoms with Crippen LogP contribution in [0.1, 0.15) is 10.4 Å². The molecule has 0 atom stereocenters. The molecule has 0 aliphatic carbocycles. The summed E-state index contributed by atoms with van der Waals surface area (Å²) in [5, 5.41) is 10.8. The van der Waals surface area contributed by atoms with Gasteiger partial charge in [0.2, 0.25) is 0 Å². The molecule has 0 aliphatic rings. The predicted molar refractivity (Wildman–Crippen MR) is 89.7 cm³/mol. The van der Waals surface area contributed by atoms with Crippen molar-refractivity contribution in [2.45, 2.75) is 0 Å². The Hall–Kier alpha value is -3.15. The monoisotopic (exact) mass is 307 g/mol. The first-order valence-electron chi connectivity index (χ1n) is 7.17. The van der Waals surface area contributed by atoms with Crippen LogP contribution in [0, 0.1) is 0 Å². The summed E-state index contributed by atoms with van der Waals surface area (Å²) in [6.45, 7) is 0. The van der Waals surface area contributed by atoms with Crippen molar-refractivity contribution in [2.24, 2.45) is 7.05 Å². The molecule has 116 valence electrons. The van der Waals surface area contributed by atoms with Crippen molar-refractivity contribution >= 4 is 11.6 Å². The number of amides is 1. The van der Waals surface area contributed by atoms with E-state index in [0.717, 1.165) is 11.1 Å². The fourth-order valence-corrected chi connectivity index (χ4v) is 2.57. The Morgan fingerprint density at radius 2 is 1.96 bits per heavy atom. The predicted octanol–water partition coefficient (Wildman–Crippen LogP) is 2.09. The van der Waals surface area contributed by atoms with Crippen LogP contribution in [0.3, 0.4) is 0 Å². The smallest absolute Gasteiger partial charge is 0.251 e. The van der Waals surface area contributed by atoms with E-state index >= 15 is 0 Å². The van der Waals surface area contributed by atoms with Gasteiger partial charge in [-0.05, 0) is 23.3 Å². The number of nitrogen functional groups attached to an aromatic ring is 1. The molecular formula is C17H17N5O. The number of nitrogens with zero attached hydrogens (tertiary/aromatic N) is 3. The third-order valence-electron chi connectivity index (χ3n) is 3.65. The van der Waals surface area contributed by atoms with E-state index in [1.54, 1.807) is 24.0 Å². The van der Waals surface area contributed by atoms with Crippen molar-refractivity contribution in [2.75, 3.05) is 12.8 Å². The molecule has 0 fully saturated rings. The molecule has 2 aromatic carbocycles. The molecule has 0 saturated carbocycles. The van der Waals surface area contributed by atoms with Gasteiger partial charge in [-0.15, -0.1) is 10.2 Å². The summed E-state index contributed by atoms with van der Waals surface area (Å²) in [6.07, 6.45) is 1.61. The van der Waals surface area contributed by atoms with Crippen molar-refractivity contribution in [1.82, 2.24) is 20.1 Å². The Morgan fingerprint density at radius 3 is 2.57 bits per heavy atom. The SMILES string of the molecule is CNC(=O)c1cc(N)cc(-c2ccccc2)c1-c1nncn1C. The number of nitrogens with two attached hydrogens (primary N) is 1. The number of carbonyl (C=O) groups is 1. The first kappa shape index (κ1) is 14.8. The average Bonchev–Trinajstić information content (AvgIpc) is 3.00. The summed E-state index contributed by atoms with van der Waals surface area (Å²) in [6, 6.07) is 13.3. The van der Waals surface area contributed by atoms with E-state index in [1.807, 2.05) is 43.4 Å². The summed E-state index contributed by atoms with van der Waals surface area (Å²) in [5.41, 5.74) is 9.54. The van der Waals surface area contributed by atoms with Gasteiger partial charge in [0, 0.05) is 25.3 Å². The second-order valence-corrected chi connectivity index (χ2v) is 5.20. The standard InChI is InChI=1S/C17H17N5O/c1-19-17(23)14-9-12(18)8-13(11-6-4-3-5-7-11)15(14)16-21-20-10-22(16)2/h3-10H,18H2,1-2H3,(H,19,23). The van der Waals surface area contributed by atoms with Crippen molar-refractivity contribution in [3.63, 3.8) is 0 Å². The Labute approximate surface area is 134 Å². The number of carbonyl (C=O) groups excluding carboxylic acids is 1. The highest BCUT2D eigenvalue weighted by atomic mass is 16.1. The summed E-state index contributed by atoms with van der Waals surface area (Å²) in [4.78, 5) is 12.4. The van der Waals surface area contributed by atoms with Gasteiger partial charge in [0.1, 0.15) is 6.33 Å². The zero-order valence-electron chi connectivity index (χ0n) is 12.9. The molecule has 0 aliphatic heterocycles. The molecule has 3 aromatic rings. The second kappa shape index (κ2) is 5.92. The van der Waals surface area contributed by atoms with E-state index in [4.69, 9.17) is 5.73 Å². The van der Waals surface area contributed by atoms with Crippen LogP contribution in [0.2, 0.25) is 0 Å². The minimum atomic E-state index is -0.215.